The van der Waals surface area contributed by atoms with Crippen molar-refractivity contribution in [3.63, 3.8) is 0 Å². The largest absolute Gasteiger partial charge is 0.320 e. The van der Waals surface area contributed by atoms with Gasteiger partial charge in [-0.3, -0.25) is 9.89 Å². The number of hydrogen-bond acceptors (Lipinski definition) is 2. The predicted octanol–water partition coefficient (Wildman–Crippen LogP) is 3.30. The first-order valence-electron chi connectivity index (χ1n) is 6.37. The van der Waals surface area contributed by atoms with E-state index in [9.17, 15) is 4.79 Å². The lowest BCUT2D eigenvalue weighted by atomic mass is 9.96. The zero-order chi connectivity index (χ0) is 13.2. The average Bonchev–Trinajstić information content (AvgIpc) is 2.85. The third kappa shape index (κ3) is 2.42. The van der Waals surface area contributed by atoms with Gasteiger partial charge in [-0.2, -0.15) is 5.10 Å². The maximum atomic E-state index is 12.3. The van der Waals surface area contributed by atoms with E-state index in [1.54, 1.807) is 0 Å². The van der Waals surface area contributed by atoms with E-state index in [1.807, 2.05) is 24.3 Å². The molecule has 98 valence electrons. The van der Waals surface area contributed by atoms with Gasteiger partial charge in [0.2, 0.25) is 0 Å². The molecule has 0 saturated carbocycles. The van der Waals surface area contributed by atoms with Crippen LogP contribution in [-0.4, -0.2) is 16.1 Å². The van der Waals surface area contributed by atoms with E-state index >= 15 is 0 Å². The number of halogens is 1. The SMILES string of the molecule is O=C(Nc1ccccc1Br)c1n[nH]c2c1CCCC2. The number of rotatable bonds is 2. The smallest absolute Gasteiger partial charge is 0.276 e. The lowest BCUT2D eigenvalue weighted by molar-refractivity contribution is 0.102. The minimum absolute atomic E-state index is 0.147. The van der Waals surface area contributed by atoms with E-state index in [4.69, 9.17) is 0 Å². The fourth-order valence-corrected chi connectivity index (χ4v) is 2.80. The van der Waals surface area contributed by atoms with Crippen molar-refractivity contribution in [2.45, 2.75) is 25.7 Å². The Morgan fingerprint density at radius 1 is 1.26 bits per heavy atom. The van der Waals surface area contributed by atoms with Crippen molar-refractivity contribution < 1.29 is 4.79 Å². The van der Waals surface area contributed by atoms with E-state index in [2.05, 4.69) is 31.4 Å². The molecule has 3 rings (SSSR count). The van der Waals surface area contributed by atoms with Crippen LogP contribution in [0.5, 0.6) is 0 Å². The molecule has 1 aliphatic carbocycles. The van der Waals surface area contributed by atoms with E-state index in [-0.39, 0.29) is 5.91 Å². The van der Waals surface area contributed by atoms with Gasteiger partial charge in [-0.25, -0.2) is 0 Å². The normalized spacial score (nSPS) is 13.9. The summed E-state index contributed by atoms with van der Waals surface area (Å²) in [6.45, 7) is 0. The highest BCUT2D eigenvalue weighted by Crippen LogP contribution is 2.25. The second-order valence-corrected chi connectivity index (χ2v) is 5.52. The van der Waals surface area contributed by atoms with Crippen LogP contribution in [0.15, 0.2) is 28.7 Å². The highest BCUT2D eigenvalue weighted by molar-refractivity contribution is 9.10. The first-order chi connectivity index (χ1) is 9.25. The molecule has 1 amide bonds. The molecular weight excluding hydrogens is 306 g/mol. The van der Waals surface area contributed by atoms with E-state index in [0.717, 1.165) is 40.7 Å². The molecule has 2 N–H and O–H groups in total. The summed E-state index contributed by atoms with van der Waals surface area (Å²) in [5, 5.41) is 10.1. The van der Waals surface area contributed by atoms with Crippen LogP contribution in [0, 0.1) is 0 Å². The van der Waals surface area contributed by atoms with Gasteiger partial charge in [-0.1, -0.05) is 12.1 Å². The average molecular weight is 320 g/mol. The number of aromatic nitrogens is 2. The molecule has 0 fully saturated rings. The summed E-state index contributed by atoms with van der Waals surface area (Å²) in [6, 6.07) is 7.56. The molecular formula is C14H14BrN3O. The monoisotopic (exact) mass is 319 g/mol. The number of H-pyrrole nitrogens is 1. The number of nitrogens with zero attached hydrogens (tertiary/aromatic N) is 1. The van der Waals surface area contributed by atoms with Crippen molar-refractivity contribution in [2.24, 2.45) is 0 Å². The van der Waals surface area contributed by atoms with Crippen LogP contribution in [0.3, 0.4) is 0 Å². The number of aryl methyl sites for hydroxylation is 1. The summed E-state index contributed by atoms with van der Waals surface area (Å²) in [5.74, 6) is -0.147. The van der Waals surface area contributed by atoms with Crippen LogP contribution >= 0.6 is 15.9 Å². The quantitative estimate of drug-likeness (QED) is 0.892. The van der Waals surface area contributed by atoms with Crippen molar-refractivity contribution in [1.29, 1.82) is 0 Å². The summed E-state index contributed by atoms with van der Waals surface area (Å²) in [4.78, 5) is 12.3. The van der Waals surface area contributed by atoms with Gasteiger partial charge >= 0.3 is 0 Å². The summed E-state index contributed by atoms with van der Waals surface area (Å²) >= 11 is 3.42. The first-order valence-corrected chi connectivity index (χ1v) is 7.17. The number of carbonyl (C=O) groups excluding carboxylic acids is 1. The van der Waals surface area contributed by atoms with Crippen LogP contribution in [0.25, 0.3) is 0 Å². The maximum Gasteiger partial charge on any atom is 0.276 e. The number of fused-ring (bicyclic) bond motifs is 1. The van der Waals surface area contributed by atoms with Gasteiger partial charge in [-0.15, -0.1) is 0 Å². The molecule has 4 nitrogen and oxygen atoms in total. The number of amides is 1. The van der Waals surface area contributed by atoms with E-state index < -0.39 is 0 Å². The lowest BCUT2D eigenvalue weighted by Crippen LogP contribution is -2.15. The Hall–Kier alpha value is -1.62. The van der Waals surface area contributed by atoms with Gasteiger partial charge in [0, 0.05) is 15.7 Å². The van der Waals surface area contributed by atoms with Gasteiger partial charge in [0.15, 0.2) is 5.69 Å². The molecule has 0 saturated heterocycles. The number of aromatic amines is 1. The van der Waals surface area contributed by atoms with E-state index in [1.165, 1.54) is 6.42 Å². The molecule has 0 spiro atoms. The molecule has 0 bridgehead atoms. The molecule has 2 aromatic rings. The van der Waals surface area contributed by atoms with Crippen LogP contribution in [0.2, 0.25) is 0 Å². The standard InChI is InChI=1S/C14H14BrN3O/c15-10-6-2-4-8-12(10)16-14(19)13-9-5-1-3-7-11(9)17-18-13/h2,4,6,8H,1,3,5,7H2,(H,16,19)(H,17,18). The number of para-hydroxylation sites is 1. The van der Waals surface area contributed by atoms with Gasteiger partial charge < -0.3 is 5.32 Å². The van der Waals surface area contributed by atoms with Gasteiger partial charge in [0.25, 0.3) is 5.91 Å². The molecule has 1 aliphatic rings. The number of hydrogen-bond donors (Lipinski definition) is 2. The van der Waals surface area contributed by atoms with Crippen LogP contribution in [-0.2, 0) is 12.8 Å². The topological polar surface area (TPSA) is 57.8 Å². The van der Waals surface area contributed by atoms with Gasteiger partial charge in [0.1, 0.15) is 0 Å². The van der Waals surface area contributed by atoms with Crippen LogP contribution < -0.4 is 5.32 Å². The van der Waals surface area contributed by atoms with Crippen molar-refractivity contribution in [3.05, 3.63) is 45.7 Å². The molecule has 1 heterocycles. The zero-order valence-corrected chi connectivity index (χ0v) is 12.0. The number of benzene rings is 1. The van der Waals surface area contributed by atoms with E-state index in [0.29, 0.717) is 5.69 Å². The fourth-order valence-electron chi connectivity index (χ4n) is 2.41. The second-order valence-electron chi connectivity index (χ2n) is 4.67. The molecule has 5 heteroatoms. The fraction of sp³-hybridized carbons (Fsp3) is 0.286. The summed E-state index contributed by atoms with van der Waals surface area (Å²) in [6.07, 6.45) is 4.22. The third-order valence-electron chi connectivity index (χ3n) is 3.39. The summed E-state index contributed by atoms with van der Waals surface area (Å²) < 4.78 is 0.868. The Morgan fingerprint density at radius 2 is 2.05 bits per heavy atom. The van der Waals surface area contributed by atoms with Gasteiger partial charge in [0.05, 0.1) is 5.69 Å². The number of nitrogens with one attached hydrogen (secondary N) is 2. The Bertz CT molecular complexity index is 621. The Kier molecular flexibility index (Phi) is 3.38. The summed E-state index contributed by atoms with van der Waals surface area (Å²) in [7, 11) is 0. The molecule has 0 aliphatic heterocycles. The zero-order valence-electron chi connectivity index (χ0n) is 10.4. The number of carbonyl (C=O) groups is 1. The Morgan fingerprint density at radius 3 is 2.89 bits per heavy atom. The third-order valence-corrected chi connectivity index (χ3v) is 4.08. The highest BCUT2D eigenvalue weighted by Gasteiger charge is 2.21. The molecule has 1 aromatic heterocycles. The molecule has 1 aromatic carbocycles. The molecule has 0 radical (unpaired) electrons. The minimum atomic E-state index is -0.147. The first kappa shape index (κ1) is 12.4. The van der Waals surface area contributed by atoms with Gasteiger partial charge in [-0.05, 0) is 53.7 Å². The highest BCUT2D eigenvalue weighted by atomic mass is 79.9. The Balaban J connectivity index is 1.85. The van der Waals surface area contributed by atoms with Crippen LogP contribution in [0.1, 0.15) is 34.6 Å². The van der Waals surface area contributed by atoms with Crippen molar-refractivity contribution >= 4 is 27.5 Å². The minimum Gasteiger partial charge on any atom is -0.320 e. The van der Waals surface area contributed by atoms with Crippen LogP contribution in [0.4, 0.5) is 5.69 Å². The second kappa shape index (κ2) is 5.17. The van der Waals surface area contributed by atoms with Crippen molar-refractivity contribution in [3.8, 4) is 0 Å². The molecule has 19 heavy (non-hydrogen) atoms. The maximum absolute atomic E-state index is 12.3. The van der Waals surface area contributed by atoms with Crippen molar-refractivity contribution in [2.75, 3.05) is 5.32 Å². The molecule has 0 unspecified atom stereocenters. The Labute approximate surface area is 119 Å². The lowest BCUT2D eigenvalue weighted by Gasteiger charge is -2.11. The van der Waals surface area contributed by atoms with Crippen molar-refractivity contribution in [1.82, 2.24) is 10.2 Å². The number of anilines is 1. The molecule has 0 atom stereocenters. The predicted molar refractivity (Wildman–Crippen MR) is 77.3 cm³/mol. The summed E-state index contributed by atoms with van der Waals surface area (Å²) in [5.41, 5.74) is 3.49.